The zero-order chi connectivity index (χ0) is 22.5. The van der Waals surface area contributed by atoms with Crippen molar-refractivity contribution >= 4 is 17.8 Å². The Balaban J connectivity index is 3.10. The Bertz CT molecular complexity index is 636. The van der Waals surface area contributed by atoms with Gasteiger partial charge in [0.1, 0.15) is 6.04 Å². The summed E-state index contributed by atoms with van der Waals surface area (Å²) in [6, 6.07) is -1.30. The number of carboxylic acids is 1. The number of amides is 2. The fraction of sp³-hybridized carbons (Fsp3) is 0.773. The van der Waals surface area contributed by atoms with Crippen molar-refractivity contribution in [1.82, 2.24) is 15.1 Å². The molecule has 1 rings (SSSR count). The van der Waals surface area contributed by atoms with Crippen LogP contribution < -0.4 is 5.32 Å². The maximum atomic E-state index is 13.4. The van der Waals surface area contributed by atoms with Gasteiger partial charge in [-0.05, 0) is 44.7 Å². The quantitative estimate of drug-likeness (QED) is 0.631. The number of carbonyl (C=O) groups is 3. The average Bonchev–Trinajstić information content (AvgIpc) is 2.61. The summed E-state index contributed by atoms with van der Waals surface area (Å²) in [7, 11) is 3.62. The van der Waals surface area contributed by atoms with Crippen LogP contribution in [-0.4, -0.2) is 71.5 Å². The lowest BCUT2D eigenvalue weighted by atomic mass is 9.84. The first kappa shape index (κ1) is 25.1. The number of hydrogen-bond acceptors (Lipinski definition) is 4. The molecule has 1 saturated heterocycles. The van der Waals surface area contributed by atoms with Crippen LogP contribution >= 0.6 is 0 Å². The van der Waals surface area contributed by atoms with Crippen molar-refractivity contribution < 1.29 is 19.5 Å². The van der Waals surface area contributed by atoms with Gasteiger partial charge in [-0.15, -0.1) is 0 Å². The van der Waals surface area contributed by atoms with Gasteiger partial charge in [-0.1, -0.05) is 47.1 Å². The van der Waals surface area contributed by atoms with E-state index in [4.69, 9.17) is 0 Å². The van der Waals surface area contributed by atoms with E-state index in [-0.39, 0.29) is 35.4 Å². The zero-order valence-corrected chi connectivity index (χ0v) is 19.3. The van der Waals surface area contributed by atoms with Gasteiger partial charge in [0.05, 0.1) is 12.1 Å². The highest BCUT2D eigenvalue weighted by Crippen LogP contribution is 2.25. The van der Waals surface area contributed by atoms with E-state index in [1.807, 2.05) is 46.6 Å². The summed E-state index contributed by atoms with van der Waals surface area (Å²) in [6.45, 7) is 12.1. The van der Waals surface area contributed by atoms with Crippen LogP contribution in [0.5, 0.6) is 0 Å². The molecule has 3 atom stereocenters. The molecule has 7 heteroatoms. The van der Waals surface area contributed by atoms with E-state index >= 15 is 0 Å². The van der Waals surface area contributed by atoms with Crippen molar-refractivity contribution in [3.63, 3.8) is 0 Å². The maximum Gasteiger partial charge on any atom is 0.331 e. The normalized spacial score (nSPS) is 20.9. The molecule has 2 N–H and O–H groups in total. The van der Waals surface area contributed by atoms with Gasteiger partial charge >= 0.3 is 5.97 Å². The molecule has 0 aromatic heterocycles. The minimum Gasteiger partial charge on any atom is -0.478 e. The largest absolute Gasteiger partial charge is 0.478 e. The van der Waals surface area contributed by atoms with Crippen LogP contribution in [0, 0.1) is 11.3 Å². The first-order chi connectivity index (χ1) is 13.3. The lowest BCUT2D eigenvalue weighted by molar-refractivity contribution is -0.141. The lowest BCUT2D eigenvalue weighted by Gasteiger charge is -2.39. The summed E-state index contributed by atoms with van der Waals surface area (Å²) in [6.07, 6.45) is 4.49. The Kier molecular flexibility index (Phi) is 8.87. The highest BCUT2D eigenvalue weighted by atomic mass is 16.4. The molecular weight excluding hydrogens is 370 g/mol. The number of likely N-dealkylation sites (tertiary alicyclic amines) is 1. The van der Waals surface area contributed by atoms with Crippen LogP contribution in [0.3, 0.4) is 0 Å². The monoisotopic (exact) mass is 409 g/mol. The molecule has 0 aromatic rings. The number of likely N-dealkylation sites (N-methyl/N-ethyl adjacent to an activating group) is 2. The molecule has 0 bridgehead atoms. The Morgan fingerprint density at radius 1 is 1.21 bits per heavy atom. The van der Waals surface area contributed by atoms with E-state index in [9.17, 15) is 19.5 Å². The molecule has 0 radical (unpaired) electrons. The summed E-state index contributed by atoms with van der Waals surface area (Å²) in [5.74, 6) is -1.30. The van der Waals surface area contributed by atoms with Crippen LogP contribution in [0.2, 0.25) is 0 Å². The highest BCUT2D eigenvalue weighted by Gasteiger charge is 2.39. The SMILES string of the molecule is C/C(=C\C(C(C)C)N(C)C(=O)C(NC(=O)[C@H]1CCCCN1C)C(C)(C)C)C(=O)O. The van der Waals surface area contributed by atoms with Crippen molar-refractivity contribution in [3.8, 4) is 0 Å². The average molecular weight is 410 g/mol. The third-order valence-electron chi connectivity index (χ3n) is 5.71. The van der Waals surface area contributed by atoms with Crippen LogP contribution in [0.15, 0.2) is 11.6 Å². The van der Waals surface area contributed by atoms with Crippen molar-refractivity contribution in [2.75, 3.05) is 20.6 Å². The Morgan fingerprint density at radius 2 is 1.79 bits per heavy atom. The van der Waals surface area contributed by atoms with E-state index in [0.717, 1.165) is 25.8 Å². The molecule has 1 heterocycles. The molecule has 29 heavy (non-hydrogen) atoms. The topological polar surface area (TPSA) is 90.0 Å². The van der Waals surface area contributed by atoms with Crippen LogP contribution in [0.1, 0.15) is 60.8 Å². The molecule has 166 valence electrons. The van der Waals surface area contributed by atoms with E-state index < -0.39 is 17.4 Å². The van der Waals surface area contributed by atoms with E-state index in [1.54, 1.807) is 18.0 Å². The smallest absolute Gasteiger partial charge is 0.331 e. The predicted molar refractivity (Wildman–Crippen MR) is 114 cm³/mol. The molecule has 2 unspecified atom stereocenters. The number of piperidine rings is 1. The van der Waals surface area contributed by atoms with Gasteiger partial charge in [0.15, 0.2) is 0 Å². The molecule has 0 aliphatic carbocycles. The van der Waals surface area contributed by atoms with Gasteiger partial charge in [0.25, 0.3) is 0 Å². The predicted octanol–water partition coefficient (Wildman–Crippen LogP) is 2.52. The second-order valence-electron chi connectivity index (χ2n) is 9.64. The van der Waals surface area contributed by atoms with Crippen LogP contribution in [-0.2, 0) is 14.4 Å². The van der Waals surface area contributed by atoms with E-state index in [0.29, 0.717) is 0 Å². The molecule has 0 saturated carbocycles. The number of aliphatic carboxylic acids is 1. The molecule has 1 fully saturated rings. The van der Waals surface area contributed by atoms with Crippen molar-refractivity contribution in [1.29, 1.82) is 0 Å². The molecule has 0 spiro atoms. The number of rotatable bonds is 7. The first-order valence-corrected chi connectivity index (χ1v) is 10.5. The fourth-order valence-electron chi connectivity index (χ4n) is 3.72. The van der Waals surface area contributed by atoms with Gasteiger partial charge in [-0.2, -0.15) is 0 Å². The van der Waals surface area contributed by atoms with Crippen molar-refractivity contribution in [2.45, 2.75) is 78.9 Å². The Labute approximate surface area is 175 Å². The van der Waals surface area contributed by atoms with Crippen LogP contribution in [0.25, 0.3) is 0 Å². The highest BCUT2D eigenvalue weighted by molar-refractivity contribution is 5.91. The number of nitrogens with one attached hydrogen (secondary N) is 1. The van der Waals surface area contributed by atoms with Crippen LogP contribution in [0.4, 0.5) is 0 Å². The Morgan fingerprint density at radius 3 is 2.24 bits per heavy atom. The third kappa shape index (κ3) is 6.84. The lowest BCUT2D eigenvalue weighted by Crippen LogP contribution is -2.59. The second kappa shape index (κ2) is 10.2. The summed E-state index contributed by atoms with van der Waals surface area (Å²) < 4.78 is 0. The Hall–Kier alpha value is -1.89. The molecule has 1 aliphatic heterocycles. The van der Waals surface area contributed by atoms with Crippen molar-refractivity contribution in [2.24, 2.45) is 11.3 Å². The molecule has 1 aliphatic rings. The van der Waals surface area contributed by atoms with Gasteiger partial charge in [0, 0.05) is 12.6 Å². The first-order valence-electron chi connectivity index (χ1n) is 10.5. The molecule has 7 nitrogen and oxygen atoms in total. The van der Waals surface area contributed by atoms with Gasteiger partial charge < -0.3 is 15.3 Å². The van der Waals surface area contributed by atoms with Crippen molar-refractivity contribution in [3.05, 3.63) is 11.6 Å². The number of hydrogen-bond donors (Lipinski definition) is 2. The molecular formula is C22H39N3O4. The van der Waals surface area contributed by atoms with E-state index in [2.05, 4.69) is 5.32 Å². The van der Waals surface area contributed by atoms with Gasteiger partial charge in [-0.25, -0.2) is 4.79 Å². The summed E-state index contributed by atoms with van der Waals surface area (Å²) in [4.78, 5) is 41.2. The fourth-order valence-corrected chi connectivity index (χ4v) is 3.72. The number of nitrogens with zero attached hydrogens (tertiary/aromatic N) is 2. The molecule has 0 aromatic carbocycles. The standard InChI is InChI=1S/C22H39N3O4/c1-14(2)17(13-15(3)21(28)29)25(8)20(27)18(22(4,5)6)23-19(26)16-11-9-10-12-24(16)7/h13-14,16-18H,9-12H2,1-8H3,(H,23,26)(H,28,29)/b15-13+/t16-,17?,18?/m1/s1. The summed E-state index contributed by atoms with van der Waals surface area (Å²) >= 11 is 0. The van der Waals surface area contributed by atoms with Gasteiger partial charge in [-0.3, -0.25) is 14.5 Å². The van der Waals surface area contributed by atoms with Gasteiger partial charge in [0.2, 0.25) is 11.8 Å². The minimum absolute atomic E-state index is 0.0269. The zero-order valence-electron chi connectivity index (χ0n) is 19.3. The number of carbonyl (C=O) groups excluding carboxylic acids is 2. The maximum absolute atomic E-state index is 13.4. The van der Waals surface area contributed by atoms with E-state index in [1.165, 1.54) is 6.92 Å². The summed E-state index contributed by atoms with van der Waals surface area (Å²) in [5, 5.41) is 12.2. The second-order valence-corrected chi connectivity index (χ2v) is 9.64. The minimum atomic E-state index is -1.00. The number of carboxylic acid groups (broad SMARTS) is 1. The third-order valence-corrected chi connectivity index (χ3v) is 5.71. The molecule has 2 amide bonds. The summed E-state index contributed by atoms with van der Waals surface area (Å²) in [5.41, 5.74) is -0.287.